The summed E-state index contributed by atoms with van der Waals surface area (Å²) in [6, 6.07) is 41.4. The van der Waals surface area contributed by atoms with Gasteiger partial charge in [-0.3, -0.25) is 4.98 Å². The van der Waals surface area contributed by atoms with Gasteiger partial charge in [0.25, 0.3) is 0 Å². The molecule has 47 heavy (non-hydrogen) atoms. The van der Waals surface area contributed by atoms with E-state index in [1.165, 1.54) is 32.7 Å². The van der Waals surface area contributed by atoms with Crippen molar-refractivity contribution in [1.29, 1.82) is 0 Å². The maximum absolute atomic E-state index is 6.56. The summed E-state index contributed by atoms with van der Waals surface area (Å²) in [5.74, 6) is 0. The predicted octanol–water partition coefficient (Wildman–Crippen LogP) is 12.2. The van der Waals surface area contributed by atoms with Crippen molar-refractivity contribution in [2.75, 3.05) is 0 Å². The molecule has 226 valence electrons. The first-order chi connectivity index (χ1) is 22.9. The van der Waals surface area contributed by atoms with Crippen molar-refractivity contribution in [3.8, 4) is 22.4 Å². The van der Waals surface area contributed by atoms with Crippen LogP contribution in [0.3, 0.4) is 0 Å². The zero-order valence-electron chi connectivity index (χ0n) is 27.1. The molecule has 2 heterocycles. The number of hydrogen-bond acceptors (Lipinski definition) is 3. The highest BCUT2D eigenvalue weighted by molar-refractivity contribution is 6.24. The molecule has 9 aromatic rings. The number of fused-ring (bicyclic) bond motifs is 11. The average Bonchev–Trinajstić information content (AvgIpc) is 3.50. The number of furan rings is 1. The molecule has 9 rings (SSSR count). The molecule has 0 spiro atoms. The molecule has 0 atom stereocenters. The van der Waals surface area contributed by atoms with E-state index in [1.54, 1.807) is 0 Å². The molecule has 3 heteroatoms. The Hall–Kier alpha value is -5.54. The van der Waals surface area contributed by atoms with Gasteiger partial charge in [-0.2, -0.15) is 0 Å². The van der Waals surface area contributed by atoms with Crippen LogP contribution in [0, 0.1) is 0 Å². The molecule has 0 radical (unpaired) electrons. The molecule has 0 saturated heterocycles. The van der Waals surface area contributed by atoms with Crippen molar-refractivity contribution in [3.05, 3.63) is 133 Å². The van der Waals surface area contributed by atoms with Gasteiger partial charge in [0.05, 0.1) is 22.9 Å². The van der Waals surface area contributed by atoms with Crippen molar-refractivity contribution < 1.29 is 4.42 Å². The van der Waals surface area contributed by atoms with E-state index in [2.05, 4.69) is 137 Å². The lowest BCUT2D eigenvalue weighted by atomic mass is 9.85. The molecule has 2 aromatic heterocycles. The van der Waals surface area contributed by atoms with E-state index in [4.69, 9.17) is 14.4 Å². The molecule has 0 N–H and O–H groups in total. The number of para-hydroxylation sites is 1. The van der Waals surface area contributed by atoms with Gasteiger partial charge < -0.3 is 4.42 Å². The average molecular weight is 607 g/mol. The maximum atomic E-state index is 6.56. The minimum atomic E-state index is 0.0415. The van der Waals surface area contributed by atoms with E-state index in [0.29, 0.717) is 0 Å². The maximum Gasteiger partial charge on any atom is 0.143 e. The Kier molecular flexibility index (Phi) is 6.04. The molecule has 0 saturated carbocycles. The number of aromatic nitrogens is 2. The normalized spacial score (nSPS) is 12.3. The fourth-order valence-electron chi connectivity index (χ4n) is 7.23. The molecule has 7 aromatic carbocycles. The van der Waals surface area contributed by atoms with Gasteiger partial charge in [0.1, 0.15) is 11.2 Å². The lowest BCUT2D eigenvalue weighted by Gasteiger charge is -2.20. The van der Waals surface area contributed by atoms with Crippen molar-refractivity contribution in [1.82, 2.24) is 9.97 Å². The number of rotatable bonds is 3. The van der Waals surface area contributed by atoms with Crippen molar-refractivity contribution in [2.45, 2.75) is 39.5 Å². The first kappa shape index (κ1) is 27.7. The van der Waals surface area contributed by atoms with Crippen LogP contribution < -0.4 is 0 Å². The summed E-state index contributed by atoms with van der Waals surface area (Å²) in [5.41, 5.74) is 10.4. The van der Waals surface area contributed by atoms with Gasteiger partial charge in [-0.15, -0.1) is 0 Å². The summed E-state index contributed by atoms with van der Waals surface area (Å²) < 4.78 is 6.56. The SMILES string of the molecule is CCc1ccc2c(c1)c1cc(C(C)(C)C)ccc1c1nc(-c3cccc(-c4cc5ccccc5c5c4oc4ccccc45)c3)cnc21. The van der Waals surface area contributed by atoms with Gasteiger partial charge in [-0.05, 0) is 74.3 Å². The molecule has 0 unspecified atom stereocenters. The van der Waals surface area contributed by atoms with Gasteiger partial charge in [-0.25, -0.2) is 4.98 Å². The predicted molar refractivity (Wildman–Crippen MR) is 198 cm³/mol. The highest BCUT2D eigenvalue weighted by Crippen LogP contribution is 2.42. The molecule has 3 nitrogen and oxygen atoms in total. The van der Waals surface area contributed by atoms with Crippen LogP contribution in [-0.4, -0.2) is 9.97 Å². The molecule has 0 aliphatic rings. The van der Waals surface area contributed by atoms with Gasteiger partial charge in [0.2, 0.25) is 0 Å². The second kappa shape index (κ2) is 10.2. The molecule has 0 amide bonds. The van der Waals surface area contributed by atoms with Gasteiger partial charge in [-0.1, -0.05) is 119 Å². The molecule has 0 aliphatic carbocycles. The third kappa shape index (κ3) is 4.34. The largest absolute Gasteiger partial charge is 0.455 e. The summed E-state index contributed by atoms with van der Waals surface area (Å²) >= 11 is 0. The zero-order valence-corrected chi connectivity index (χ0v) is 27.1. The van der Waals surface area contributed by atoms with Crippen molar-refractivity contribution in [3.63, 3.8) is 0 Å². The van der Waals surface area contributed by atoms with Gasteiger partial charge in [0, 0.05) is 32.7 Å². The smallest absolute Gasteiger partial charge is 0.143 e. The summed E-state index contributed by atoms with van der Waals surface area (Å²) in [6.45, 7) is 9.03. The molecule has 0 fully saturated rings. The summed E-state index contributed by atoms with van der Waals surface area (Å²) in [4.78, 5) is 10.5. The van der Waals surface area contributed by atoms with E-state index in [9.17, 15) is 0 Å². The van der Waals surface area contributed by atoms with Crippen LogP contribution in [0.25, 0.3) is 87.7 Å². The zero-order chi connectivity index (χ0) is 31.9. The first-order valence-corrected chi connectivity index (χ1v) is 16.5. The third-order valence-electron chi connectivity index (χ3n) is 9.79. The minimum Gasteiger partial charge on any atom is -0.455 e. The Balaban J connectivity index is 1.27. The van der Waals surface area contributed by atoms with Crippen LogP contribution in [0.2, 0.25) is 0 Å². The summed E-state index contributed by atoms with van der Waals surface area (Å²) in [6.07, 6.45) is 2.92. The van der Waals surface area contributed by atoms with E-state index >= 15 is 0 Å². The Morgan fingerprint density at radius 3 is 2.21 bits per heavy atom. The van der Waals surface area contributed by atoms with E-state index in [0.717, 1.165) is 72.5 Å². The standard InChI is InChI=1S/C44H34N2O/c1-5-26-17-19-32-36(21-26)37-24-30(44(2,3)4)18-20-33(37)42-41(32)45-25-38(46-42)29-13-10-12-27(22-29)35-23-28-11-6-7-14-31(28)40-34-15-8-9-16-39(34)47-43(35)40/h6-25H,5H2,1-4H3. The Bertz CT molecular complexity index is 2710. The number of benzene rings is 7. The highest BCUT2D eigenvalue weighted by Gasteiger charge is 2.19. The summed E-state index contributed by atoms with van der Waals surface area (Å²) in [5, 5.41) is 9.45. The van der Waals surface area contributed by atoms with Crippen LogP contribution in [0.5, 0.6) is 0 Å². The molecular weight excluding hydrogens is 572 g/mol. The van der Waals surface area contributed by atoms with E-state index < -0.39 is 0 Å². The topological polar surface area (TPSA) is 38.9 Å². The first-order valence-electron chi connectivity index (χ1n) is 16.5. The number of hydrogen-bond donors (Lipinski definition) is 0. The quantitative estimate of drug-likeness (QED) is 0.188. The fourth-order valence-corrected chi connectivity index (χ4v) is 7.23. The van der Waals surface area contributed by atoms with Crippen LogP contribution in [0.4, 0.5) is 0 Å². The lowest BCUT2D eigenvalue weighted by Crippen LogP contribution is -2.10. The van der Waals surface area contributed by atoms with Crippen molar-refractivity contribution in [2.24, 2.45) is 0 Å². The molecule has 0 bridgehead atoms. The van der Waals surface area contributed by atoms with Gasteiger partial charge in [0.15, 0.2) is 0 Å². The lowest BCUT2D eigenvalue weighted by molar-refractivity contribution is 0.591. The molecular formula is C44H34N2O. The van der Waals surface area contributed by atoms with E-state index in [1.807, 2.05) is 12.3 Å². The Labute approximate surface area is 273 Å². The Morgan fingerprint density at radius 2 is 1.36 bits per heavy atom. The summed E-state index contributed by atoms with van der Waals surface area (Å²) in [7, 11) is 0. The second-order valence-corrected chi connectivity index (χ2v) is 13.7. The van der Waals surface area contributed by atoms with Crippen LogP contribution in [0.15, 0.2) is 126 Å². The van der Waals surface area contributed by atoms with Gasteiger partial charge >= 0.3 is 0 Å². The number of nitrogens with zero attached hydrogens (tertiary/aromatic N) is 2. The monoisotopic (exact) mass is 606 g/mol. The van der Waals surface area contributed by atoms with Crippen LogP contribution in [0.1, 0.15) is 38.8 Å². The van der Waals surface area contributed by atoms with Crippen LogP contribution in [-0.2, 0) is 11.8 Å². The highest BCUT2D eigenvalue weighted by atomic mass is 16.3. The third-order valence-corrected chi connectivity index (χ3v) is 9.79. The number of aryl methyl sites for hydroxylation is 1. The van der Waals surface area contributed by atoms with E-state index in [-0.39, 0.29) is 5.41 Å². The minimum absolute atomic E-state index is 0.0415. The van der Waals surface area contributed by atoms with Crippen molar-refractivity contribution >= 4 is 65.3 Å². The second-order valence-electron chi connectivity index (χ2n) is 13.7. The van der Waals surface area contributed by atoms with Crippen LogP contribution >= 0.6 is 0 Å². The molecule has 0 aliphatic heterocycles. The fraction of sp³-hybridized carbons (Fsp3) is 0.136. The Morgan fingerprint density at radius 1 is 0.617 bits per heavy atom.